The van der Waals surface area contributed by atoms with Gasteiger partial charge in [0.15, 0.2) is 0 Å². The van der Waals surface area contributed by atoms with E-state index >= 15 is 0 Å². The van der Waals surface area contributed by atoms with Crippen molar-refractivity contribution in [3.63, 3.8) is 0 Å². The summed E-state index contributed by atoms with van der Waals surface area (Å²) < 4.78 is 11.4. The van der Waals surface area contributed by atoms with E-state index in [2.05, 4.69) is 10.2 Å². The number of amides is 1. The third-order valence-corrected chi connectivity index (χ3v) is 7.34. The second-order valence-electron chi connectivity index (χ2n) is 9.20. The Hall–Kier alpha value is -3.32. The van der Waals surface area contributed by atoms with E-state index in [0.29, 0.717) is 42.0 Å². The lowest BCUT2D eigenvalue weighted by Crippen LogP contribution is -2.37. The lowest BCUT2D eigenvalue weighted by Gasteiger charge is -2.32. The summed E-state index contributed by atoms with van der Waals surface area (Å²) in [6, 6.07) is 19.3. The van der Waals surface area contributed by atoms with Gasteiger partial charge >= 0.3 is 0 Å². The fraction of sp³-hybridized carbons (Fsp3) is 0.241. The van der Waals surface area contributed by atoms with Gasteiger partial charge in [0, 0.05) is 39.6 Å². The number of hydrogen-bond acceptors (Lipinski definition) is 5. The highest BCUT2D eigenvalue weighted by Gasteiger charge is 2.29. The topological polar surface area (TPSA) is 63.7 Å². The van der Waals surface area contributed by atoms with Crippen LogP contribution in [0.2, 0.25) is 10.0 Å². The summed E-state index contributed by atoms with van der Waals surface area (Å²) in [6.07, 6.45) is 2.38. The maximum absolute atomic E-state index is 13.6. The maximum Gasteiger partial charge on any atom is 0.232 e. The number of hydrogen-bond donors (Lipinski definition) is 1. The van der Waals surface area contributed by atoms with E-state index in [1.165, 1.54) is 0 Å². The predicted octanol–water partition coefficient (Wildman–Crippen LogP) is 6.55. The van der Waals surface area contributed by atoms with Crippen molar-refractivity contribution < 1.29 is 14.3 Å². The van der Waals surface area contributed by atoms with Gasteiger partial charge in [-0.1, -0.05) is 59.6 Å². The summed E-state index contributed by atoms with van der Waals surface area (Å²) in [5.74, 6) is 0.408. The Morgan fingerprint density at radius 3 is 2.57 bits per heavy atom. The molecular weight excluding hydrogens is 509 g/mol. The molecule has 8 heteroatoms. The highest BCUT2D eigenvalue weighted by Crippen LogP contribution is 2.40. The van der Waals surface area contributed by atoms with Gasteiger partial charge in [0.1, 0.15) is 5.75 Å². The van der Waals surface area contributed by atoms with Gasteiger partial charge in [-0.05, 0) is 36.2 Å². The fourth-order valence-corrected chi connectivity index (χ4v) is 5.73. The van der Waals surface area contributed by atoms with Gasteiger partial charge in [-0.15, -0.1) is 0 Å². The average molecular weight is 534 g/mol. The molecule has 3 aromatic carbocycles. The summed E-state index contributed by atoms with van der Waals surface area (Å²) in [7, 11) is 0. The summed E-state index contributed by atoms with van der Waals surface area (Å²) in [4.78, 5) is 20.7. The van der Waals surface area contributed by atoms with Crippen LogP contribution in [-0.2, 0) is 9.53 Å². The Balaban J connectivity index is 1.44. The molecule has 1 N–H and O–H groups in total. The summed E-state index contributed by atoms with van der Waals surface area (Å²) in [5, 5.41) is 5.28. The molecule has 6 rings (SSSR count). The van der Waals surface area contributed by atoms with Gasteiger partial charge in [0.2, 0.25) is 5.91 Å². The molecule has 1 aromatic heterocycles. The molecule has 6 nitrogen and oxygen atoms in total. The third kappa shape index (κ3) is 4.73. The van der Waals surface area contributed by atoms with Crippen molar-refractivity contribution in [1.29, 1.82) is 0 Å². The number of nitrogens with zero attached hydrogens (tertiary/aromatic N) is 2. The second kappa shape index (κ2) is 10.2. The predicted molar refractivity (Wildman–Crippen MR) is 148 cm³/mol. The zero-order chi connectivity index (χ0) is 25.4. The lowest BCUT2D eigenvalue weighted by atomic mass is 9.92. The van der Waals surface area contributed by atoms with Crippen LogP contribution < -0.4 is 15.0 Å². The van der Waals surface area contributed by atoms with Crippen LogP contribution >= 0.6 is 23.2 Å². The fourth-order valence-electron chi connectivity index (χ4n) is 5.20. The Morgan fingerprint density at radius 2 is 1.76 bits per heavy atom. The van der Waals surface area contributed by atoms with Gasteiger partial charge < -0.3 is 19.7 Å². The van der Waals surface area contributed by atoms with Gasteiger partial charge in [-0.25, -0.2) is 0 Å². The van der Waals surface area contributed by atoms with Crippen LogP contribution in [0.1, 0.15) is 17.9 Å². The Kier molecular flexibility index (Phi) is 6.63. The van der Waals surface area contributed by atoms with Gasteiger partial charge in [0.25, 0.3) is 0 Å². The Bertz CT molecular complexity index is 1470. The van der Waals surface area contributed by atoms with Crippen molar-refractivity contribution in [3.8, 4) is 16.9 Å². The zero-order valence-corrected chi connectivity index (χ0v) is 21.6. The third-order valence-electron chi connectivity index (χ3n) is 6.90. The lowest BCUT2D eigenvalue weighted by molar-refractivity contribution is -0.118. The number of ether oxygens (including phenoxy) is 2. The molecule has 0 unspecified atom stereocenters. The zero-order valence-electron chi connectivity index (χ0n) is 20.0. The number of halogens is 2. The standard InChI is InChI=1S/C29H25Cl2N3O3/c30-19-14-18(15-20(31)16-19)21-5-3-6-24-27(21)32-17-25(28(24)34-9-12-36-13-10-34)33-29(35)23-8-11-37-26-7-2-1-4-22(23)26/h1-7,14-17,23H,8-13H2,(H,33,35)/t23-/m0/s1. The van der Waals surface area contributed by atoms with Crippen LogP contribution in [0.5, 0.6) is 5.75 Å². The monoisotopic (exact) mass is 533 g/mol. The summed E-state index contributed by atoms with van der Waals surface area (Å²) in [6.45, 7) is 3.18. The highest BCUT2D eigenvalue weighted by atomic mass is 35.5. The molecule has 3 heterocycles. The molecule has 2 aliphatic heterocycles. The Morgan fingerprint density at radius 1 is 0.973 bits per heavy atom. The molecule has 188 valence electrons. The Labute approximate surface area is 225 Å². The van der Waals surface area contributed by atoms with Gasteiger partial charge in [0.05, 0.1) is 48.8 Å². The first-order valence-corrected chi connectivity index (χ1v) is 13.1. The van der Waals surface area contributed by atoms with E-state index in [9.17, 15) is 4.79 Å². The van der Waals surface area contributed by atoms with Crippen molar-refractivity contribution in [1.82, 2.24) is 4.98 Å². The number of pyridine rings is 1. The van der Waals surface area contributed by atoms with Crippen LogP contribution in [-0.4, -0.2) is 43.8 Å². The minimum atomic E-state index is -0.293. The van der Waals surface area contributed by atoms with Crippen LogP contribution in [0.4, 0.5) is 11.4 Å². The number of rotatable bonds is 4. The normalized spacial score (nSPS) is 17.2. The van der Waals surface area contributed by atoms with E-state index in [0.717, 1.165) is 52.1 Å². The summed E-state index contributed by atoms with van der Waals surface area (Å²) in [5.41, 5.74) is 5.16. The van der Waals surface area contributed by atoms with E-state index in [4.69, 9.17) is 37.7 Å². The number of morpholine rings is 1. The van der Waals surface area contributed by atoms with E-state index in [1.807, 2.05) is 54.6 Å². The number of fused-ring (bicyclic) bond motifs is 2. The van der Waals surface area contributed by atoms with Gasteiger partial charge in [-0.2, -0.15) is 0 Å². The number of anilines is 2. The average Bonchev–Trinajstić information content (AvgIpc) is 2.92. The van der Waals surface area contributed by atoms with E-state index in [-0.39, 0.29) is 11.8 Å². The van der Waals surface area contributed by atoms with Crippen LogP contribution in [0.25, 0.3) is 22.0 Å². The molecule has 0 bridgehead atoms. The molecule has 2 aliphatic rings. The van der Waals surface area contributed by atoms with Crippen molar-refractivity contribution in [2.75, 3.05) is 43.1 Å². The molecular formula is C29H25Cl2N3O3. The number of nitrogens with one attached hydrogen (secondary N) is 1. The van der Waals surface area contributed by atoms with Crippen LogP contribution in [0.15, 0.2) is 66.9 Å². The largest absolute Gasteiger partial charge is 0.493 e. The van der Waals surface area contributed by atoms with Gasteiger partial charge in [-0.3, -0.25) is 9.78 Å². The first-order valence-electron chi connectivity index (χ1n) is 12.3. The molecule has 1 amide bonds. The minimum Gasteiger partial charge on any atom is -0.493 e. The van der Waals surface area contributed by atoms with Crippen molar-refractivity contribution in [2.24, 2.45) is 0 Å². The molecule has 37 heavy (non-hydrogen) atoms. The summed E-state index contributed by atoms with van der Waals surface area (Å²) >= 11 is 12.6. The molecule has 0 radical (unpaired) electrons. The quantitative estimate of drug-likeness (QED) is 0.322. The van der Waals surface area contributed by atoms with Crippen molar-refractivity contribution in [2.45, 2.75) is 12.3 Å². The van der Waals surface area contributed by atoms with Crippen molar-refractivity contribution in [3.05, 3.63) is 82.5 Å². The molecule has 4 aromatic rings. The van der Waals surface area contributed by atoms with E-state index < -0.39 is 0 Å². The molecule has 0 aliphatic carbocycles. The van der Waals surface area contributed by atoms with E-state index in [1.54, 1.807) is 12.3 Å². The molecule has 1 fully saturated rings. The van der Waals surface area contributed by atoms with Crippen LogP contribution in [0, 0.1) is 0 Å². The molecule has 1 saturated heterocycles. The number of benzene rings is 3. The van der Waals surface area contributed by atoms with Crippen molar-refractivity contribution >= 4 is 51.4 Å². The number of carbonyl (C=O) groups is 1. The highest BCUT2D eigenvalue weighted by molar-refractivity contribution is 6.35. The minimum absolute atomic E-state index is 0.0656. The number of carbonyl (C=O) groups excluding carboxylic acids is 1. The number of aromatic nitrogens is 1. The SMILES string of the molecule is O=C(Nc1cnc2c(-c3cc(Cl)cc(Cl)c3)cccc2c1N1CCOCC1)[C@H]1CCOc2ccccc21. The molecule has 0 saturated carbocycles. The smallest absolute Gasteiger partial charge is 0.232 e. The number of para-hydroxylation sites is 2. The first-order chi connectivity index (χ1) is 18.1. The molecule has 1 atom stereocenters. The second-order valence-corrected chi connectivity index (χ2v) is 10.1. The first kappa shape index (κ1) is 24.0. The maximum atomic E-state index is 13.6. The molecule has 0 spiro atoms. The van der Waals surface area contributed by atoms with Crippen LogP contribution in [0.3, 0.4) is 0 Å².